The molecule has 0 radical (unpaired) electrons. The predicted molar refractivity (Wildman–Crippen MR) is 158 cm³/mol. The maximum Gasteiger partial charge on any atom is 0.243 e. The van der Waals surface area contributed by atoms with Gasteiger partial charge in [0.15, 0.2) is 15.6 Å². The number of carbonyl (C=O) groups is 3. The monoisotopic (exact) mass is 597 g/mol. The van der Waals surface area contributed by atoms with E-state index in [0.717, 1.165) is 5.39 Å². The van der Waals surface area contributed by atoms with Crippen molar-refractivity contribution in [2.24, 2.45) is 17.3 Å². The van der Waals surface area contributed by atoms with Gasteiger partial charge in [0, 0.05) is 29.8 Å². The van der Waals surface area contributed by atoms with Crippen molar-refractivity contribution in [3.8, 4) is 11.6 Å². The number of ketones is 1. The lowest BCUT2D eigenvalue weighted by molar-refractivity contribution is -0.144. The number of rotatable bonds is 10. The molecular weight excluding hydrogens is 558 g/mol. The summed E-state index contributed by atoms with van der Waals surface area (Å²) in [5.41, 5.74) is -1.71. The van der Waals surface area contributed by atoms with Crippen molar-refractivity contribution in [3.63, 3.8) is 0 Å². The number of hydrogen-bond donors (Lipinski definition) is 2. The number of Topliss-reactive ketones (excluding diaryl/α,β-unsaturated/α-hetero) is 1. The van der Waals surface area contributed by atoms with Gasteiger partial charge in [0.05, 0.1) is 11.8 Å². The zero-order valence-electron chi connectivity index (χ0n) is 24.5. The number of benzene rings is 1. The number of pyridine rings is 1. The number of nitrogens with zero attached hydrogens (tertiary/aromatic N) is 2. The number of ether oxygens (including phenoxy) is 1. The Morgan fingerprint density at radius 1 is 1.26 bits per heavy atom. The molecule has 0 unspecified atom stereocenters. The summed E-state index contributed by atoms with van der Waals surface area (Å²) in [6, 6.07) is 5.65. The predicted octanol–water partition coefficient (Wildman–Crippen LogP) is 3.18. The Labute approximate surface area is 246 Å². The largest absolute Gasteiger partial charge is 0.508 e. The molecule has 1 aliphatic heterocycles. The minimum absolute atomic E-state index is 0.108. The molecule has 5 rings (SSSR count). The van der Waals surface area contributed by atoms with Gasteiger partial charge in [-0.1, -0.05) is 33.8 Å². The molecule has 11 heteroatoms. The lowest BCUT2D eigenvalue weighted by atomic mass is 9.81. The Bertz CT molecular complexity index is 1550. The van der Waals surface area contributed by atoms with Crippen LogP contribution in [0.1, 0.15) is 53.4 Å². The van der Waals surface area contributed by atoms with Crippen LogP contribution in [0.2, 0.25) is 0 Å². The summed E-state index contributed by atoms with van der Waals surface area (Å²) in [6.07, 6.45) is 4.10. The number of amides is 2. The topological polar surface area (TPSA) is 143 Å². The molecule has 2 amide bonds. The number of likely N-dealkylation sites (tertiary alicyclic amines) is 1. The summed E-state index contributed by atoms with van der Waals surface area (Å²) in [7, 11) is -3.57. The van der Waals surface area contributed by atoms with E-state index in [0.29, 0.717) is 24.1 Å². The normalized spacial score (nSPS) is 26.5. The molecule has 2 heterocycles. The number of nitrogens with one attached hydrogen (secondary N) is 1. The number of carbonyl (C=O) groups excluding carboxylic acids is 3. The maximum atomic E-state index is 13.9. The minimum atomic E-state index is -3.57. The summed E-state index contributed by atoms with van der Waals surface area (Å²) in [6.45, 7) is 11.6. The van der Waals surface area contributed by atoms with Gasteiger partial charge in [-0.3, -0.25) is 14.4 Å². The Morgan fingerprint density at radius 3 is 2.60 bits per heavy atom. The van der Waals surface area contributed by atoms with Crippen LogP contribution in [-0.4, -0.2) is 76.2 Å². The first-order valence-electron chi connectivity index (χ1n) is 14.4. The summed E-state index contributed by atoms with van der Waals surface area (Å²) in [5, 5.41) is 13.6. The van der Waals surface area contributed by atoms with Gasteiger partial charge in [-0.05, 0) is 54.3 Å². The Balaban J connectivity index is 1.39. The lowest BCUT2D eigenvalue weighted by Crippen LogP contribution is -2.55. The number of fused-ring (bicyclic) bond motifs is 1. The van der Waals surface area contributed by atoms with Gasteiger partial charge in [-0.15, -0.1) is 6.58 Å². The molecule has 2 aromatic rings. The van der Waals surface area contributed by atoms with Gasteiger partial charge >= 0.3 is 0 Å². The van der Waals surface area contributed by atoms with E-state index in [4.69, 9.17) is 4.74 Å². The molecule has 42 heavy (non-hydrogen) atoms. The third kappa shape index (κ3) is 5.75. The van der Waals surface area contributed by atoms with Gasteiger partial charge in [0.25, 0.3) is 0 Å². The van der Waals surface area contributed by atoms with Crippen molar-refractivity contribution in [2.45, 2.75) is 76.3 Å². The van der Waals surface area contributed by atoms with Crippen molar-refractivity contribution in [3.05, 3.63) is 43.1 Å². The molecule has 5 atom stereocenters. The molecular formula is C31H39N3O7S. The standard InChI is InChI=1S/C31H39N3O7S/c1-6-20-15-31(20,26(36)17-42(39,40)23-8-9-23)33-27(37)25-14-22(16-34(25)29(38)18(2)30(3,4)5)41-28-24-10-7-21(35)13-19(24)11-12-32-28/h6-7,10-13,18,20,22-23,25,35H,1,8-9,14-17H2,2-5H3,(H,33,37)/t18-,20-,22-,25+,31-/m1/s1. The first-order chi connectivity index (χ1) is 19.7. The summed E-state index contributed by atoms with van der Waals surface area (Å²) < 4.78 is 31.5. The summed E-state index contributed by atoms with van der Waals surface area (Å²) in [4.78, 5) is 46.8. The highest BCUT2D eigenvalue weighted by atomic mass is 32.2. The lowest BCUT2D eigenvalue weighted by Gasteiger charge is -2.33. The molecule has 3 aliphatic rings. The molecule has 2 aliphatic carbocycles. The first kappa shape index (κ1) is 30.0. The molecule has 1 aromatic carbocycles. The second-order valence-corrected chi connectivity index (χ2v) is 15.3. The smallest absolute Gasteiger partial charge is 0.243 e. The number of hydrogen-bond acceptors (Lipinski definition) is 8. The second kappa shape index (κ2) is 10.7. The quantitative estimate of drug-likeness (QED) is 0.398. The Hall–Kier alpha value is -3.47. The number of phenols is 1. The fraction of sp³-hybridized carbons (Fsp3) is 0.548. The van der Waals surface area contributed by atoms with E-state index in [2.05, 4.69) is 16.9 Å². The van der Waals surface area contributed by atoms with Crippen LogP contribution >= 0.6 is 0 Å². The average Bonchev–Trinajstić information content (AvgIpc) is 3.84. The van der Waals surface area contributed by atoms with Crippen LogP contribution in [0.4, 0.5) is 0 Å². The molecule has 0 bridgehead atoms. The van der Waals surface area contributed by atoms with Gasteiger partial charge < -0.3 is 20.1 Å². The second-order valence-electron chi connectivity index (χ2n) is 13.0. The van der Waals surface area contributed by atoms with E-state index in [1.807, 2.05) is 27.7 Å². The molecule has 0 spiro atoms. The molecule has 1 aromatic heterocycles. The van der Waals surface area contributed by atoms with Gasteiger partial charge in [0.2, 0.25) is 17.7 Å². The fourth-order valence-corrected chi connectivity index (χ4v) is 7.36. The highest BCUT2D eigenvalue weighted by Gasteiger charge is 2.61. The number of sulfone groups is 1. The third-order valence-electron chi connectivity index (χ3n) is 9.02. The van der Waals surface area contributed by atoms with Crippen molar-refractivity contribution in [1.29, 1.82) is 0 Å². The number of phenolic OH excluding ortho intramolecular Hbond substituents is 1. The van der Waals surface area contributed by atoms with E-state index < -0.39 is 56.1 Å². The Morgan fingerprint density at radius 2 is 1.98 bits per heavy atom. The molecule has 2 saturated carbocycles. The molecule has 1 saturated heterocycles. The van der Waals surface area contributed by atoms with Crippen LogP contribution in [0, 0.1) is 17.3 Å². The number of aromatic hydroxyl groups is 1. The Kier molecular flexibility index (Phi) is 7.62. The van der Waals surface area contributed by atoms with Crippen LogP contribution in [0.15, 0.2) is 43.1 Å². The maximum absolute atomic E-state index is 13.9. The van der Waals surface area contributed by atoms with Crippen molar-refractivity contribution >= 4 is 38.2 Å². The van der Waals surface area contributed by atoms with Crippen molar-refractivity contribution in [2.75, 3.05) is 12.3 Å². The zero-order valence-corrected chi connectivity index (χ0v) is 25.3. The van der Waals surface area contributed by atoms with Crippen LogP contribution < -0.4 is 10.1 Å². The first-order valence-corrected chi connectivity index (χ1v) is 16.1. The van der Waals surface area contributed by atoms with Gasteiger partial charge in [0.1, 0.15) is 29.2 Å². The zero-order chi connectivity index (χ0) is 30.6. The minimum Gasteiger partial charge on any atom is -0.508 e. The van der Waals surface area contributed by atoms with E-state index in [1.54, 1.807) is 30.5 Å². The van der Waals surface area contributed by atoms with Crippen LogP contribution in [0.25, 0.3) is 10.8 Å². The molecule has 10 nitrogen and oxygen atoms in total. The molecule has 226 valence electrons. The van der Waals surface area contributed by atoms with Crippen molar-refractivity contribution in [1.82, 2.24) is 15.2 Å². The summed E-state index contributed by atoms with van der Waals surface area (Å²) in [5.74, 6) is -2.26. The highest BCUT2D eigenvalue weighted by Crippen LogP contribution is 2.46. The van der Waals surface area contributed by atoms with Crippen LogP contribution in [0.5, 0.6) is 11.6 Å². The number of aromatic nitrogens is 1. The van der Waals surface area contributed by atoms with Crippen LogP contribution in [-0.2, 0) is 24.2 Å². The molecule has 3 fully saturated rings. The van der Waals surface area contributed by atoms with Crippen LogP contribution in [0.3, 0.4) is 0 Å². The highest BCUT2D eigenvalue weighted by molar-refractivity contribution is 7.93. The van der Waals surface area contributed by atoms with E-state index >= 15 is 0 Å². The third-order valence-corrected chi connectivity index (χ3v) is 11.2. The van der Waals surface area contributed by atoms with Gasteiger partial charge in [-0.2, -0.15) is 0 Å². The van der Waals surface area contributed by atoms with E-state index in [1.165, 1.54) is 11.0 Å². The van der Waals surface area contributed by atoms with E-state index in [9.17, 15) is 27.9 Å². The van der Waals surface area contributed by atoms with Crippen molar-refractivity contribution < 1.29 is 32.6 Å². The summed E-state index contributed by atoms with van der Waals surface area (Å²) >= 11 is 0. The van der Waals surface area contributed by atoms with E-state index in [-0.39, 0.29) is 42.4 Å². The molecule has 2 N–H and O–H groups in total. The average molecular weight is 598 g/mol. The van der Waals surface area contributed by atoms with Gasteiger partial charge in [-0.25, -0.2) is 13.4 Å². The fourth-order valence-electron chi connectivity index (χ4n) is 5.65. The SMILES string of the molecule is C=C[C@@H]1C[C@]1(NC(=O)[C@@H]1C[C@@H](Oc2nccc3cc(O)ccc23)CN1C(=O)[C@@H](C)C(C)(C)C)C(=O)CS(=O)(=O)C1CC1.